The molecule has 1 N–H and O–H groups in total. The Morgan fingerprint density at radius 1 is 1.02 bits per heavy atom. The second kappa shape index (κ2) is 10.5. The first-order chi connectivity index (χ1) is 19.8. The fourth-order valence-electron chi connectivity index (χ4n) is 5.38. The molecular weight excluding hydrogens is 527 g/mol. The number of amides is 1. The molecule has 0 saturated carbocycles. The average Bonchev–Trinajstić information content (AvgIpc) is 3.21. The van der Waals surface area contributed by atoms with Crippen molar-refractivity contribution in [2.24, 2.45) is 7.05 Å². The third kappa shape index (κ3) is 4.90. The summed E-state index contributed by atoms with van der Waals surface area (Å²) in [6.45, 7) is 3.60. The Hall–Kier alpha value is -5.06. The molecule has 4 aromatic rings. The molecule has 0 aliphatic carbocycles. The van der Waals surface area contributed by atoms with Crippen LogP contribution in [0.2, 0.25) is 0 Å². The summed E-state index contributed by atoms with van der Waals surface area (Å²) in [4.78, 5) is 51.6. The van der Waals surface area contributed by atoms with E-state index in [-0.39, 0.29) is 18.3 Å². The normalized spacial score (nSPS) is 16.4. The number of piperazine rings is 1. The van der Waals surface area contributed by atoms with Crippen LogP contribution in [0.1, 0.15) is 26.5 Å². The fourth-order valence-corrected chi connectivity index (χ4v) is 5.38. The van der Waals surface area contributed by atoms with Gasteiger partial charge in [0.2, 0.25) is 5.95 Å². The van der Waals surface area contributed by atoms with Crippen LogP contribution in [0.3, 0.4) is 0 Å². The van der Waals surface area contributed by atoms with Crippen molar-refractivity contribution in [2.45, 2.75) is 13.0 Å². The quantitative estimate of drug-likeness (QED) is 0.226. The van der Waals surface area contributed by atoms with E-state index in [9.17, 15) is 18.8 Å². The zero-order valence-corrected chi connectivity index (χ0v) is 22.5. The first-order valence-electron chi connectivity index (χ1n) is 13.2. The van der Waals surface area contributed by atoms with Crippen molar-refractivity contribution >= 4 is 35.0 Å². The van der Waals surface area contributed by atoms with Gasteiger partial charge in [-0.2, -0.15) is 0 Å². The number of aryl methyl sites for hydroxylation is 1. The van der Waals surface area contributed by atoms with Crippen molar-refractivity contribution in [1.29, 1.82) is 0 Å². The summed E-state index contributed by atoms with van der Waals surface area (Å²) in [6.07, 6.45) is 2.25. The van der Waals surface area contributed by atoms with E-state index < -0.39 is 23.5 Å². The topological polar surface area (TPSA) is 110 Å². The average molecular weight is 555 g/mol. The van der Waals surface area contributed by atoms with E-state index in [1.54, 1.807) is 23.7 Å². The number of esters is 1. The third-order valence-corrected chi connectivity index (χ3v) is 7.54. The fraction of sp³-hybridized carbons (Fsp3) is 0.233. The Morgan fingerprint density at radius 3 is 2.54 bits per heavy atom. The molecule has 1 unspecified atom stereocenters. The van der Waals surface area contributed by atoms with E-state index in [1.807, 2.05) is 48.2 Å². The van der Waals surface area contributed by atoms with Gasteiger partial charge in [0.1, 0.15) is 12.3 Å². The van der Waals surface area contributed by atoms with Crippen molar-refractivity contribution in [2.75, 3.05) is 41.4 Å². The highest BCUT2D eigenvalue weighted by molar-refractivity contribution is 6.47. The summed E-state index contributed by atoms with van der Waals surface area (Å²) in [5.41, 5.74) is 3.91. The number of halogens is 1. The van der Waals surface area contributed by atoms with Gasteiger partial charge in [-0.05, 0) is 36.8 Å². The molecule has 10 nitrogen and oxygen atoms in total. The lowest BCUT2D eigenvalue weighted by Gasteiger charge is -2.41. The number of cyclic esters (lactones) is 1. The summed E-state index contributed by atoms with van der Waals surface area (Å²) in [6, 6.07) is 16.1. The van der Waals surface area contributed by atoms with E-state index in [1.165, 1.54) is 6.07 Å². The largest absolute Gasteiger partial charge is 0.460 e. The number of carbonyl (C=O) groups is 3. The molecule has 2 aromatic carbocycles. The monoisotopic (exact) mass is 554 g/mol. The number of anilines is 3. The maximum Gasteiger partial charge on any atom is 0.340 e. The first-order valence-corrected chi connectivity index (χ1v) is 13.2. The van der Waals surface area contributed by atoms with Gasteiger partial charge in [-0.1, -0.05) is 30.3 Å². The summed E-state index contributed by atoms with van der Waals surface area (Å²) in [7, 11) is 1.75. The number of nitrogens with zero attached hydrogens (tertiary/aromatic N) is 5. The molecule has 1 saturated heterocycles. The molecule has 41 heavy (non-hydrogen) atoms. The first kappa shape index (κ1) is 26.2. The number of carbonyl (C=O) groups excluding carboxylic acids is 3. The van der Waals surface area contributed by atoms with Crippen LogP contribution in [-0.2, 0) is 16.6 Å². The van der Waals surface area contributed by atoms with E-state index in [0.29, 0.717) is 48.1 Å². The SMILES string of the molecule is Cc1cc(-c2ccccc2)c(C(=O)C(=O)Nc2ccc3c(c2)C(=O)OCC2CN(c4ncc(F)cn4)CCN32)n1C. The number of hydrogen-bond donors (Lipinski definition) is 1. The summed E-state index contributed by atoms with van der Waals surface area (Å²) in [5, 5.41) is 2.67. The summed E-state index contributed by atoms with van der Waals surface area (Å²) >= 11 is 0. The Morgan fingerprint density at radius 2 is 1.78 bits per heavy atom. The third-order valence-electron chi connectivity index (χ3n) is 7.54. The maximum absolute atomic E-state index is 13.4. The molecule has 0 spiro atoms. The number of aromatic nitrogens is 3. The zero-order valence-electron chi connectivity index (χ0n) is 22.5. The van der Waals surface area contributed by atoms with Crippen LogP contribution in [0.5, 0.6) is 0 Å². The van der Waals surface area contributed by atoms with Crippen molar-refractivity contribution in [1.82, 2.24) is 14.5 Å². The molecule has 0 bridgehead atoms. The van der Waals surface area contributed by atoms with Crippen LogP contribution in [0.15, 0.2) is 67.0 Å². The van der Waals surface area contributed by atoms with Crippen molar-refractivity contribution < 1.29 is 23.5 Å². The molecule has 1 atom stereocenters. The lowest BCUT2D eigenvalue weighted by atomic mass is 10.0. The highest BCUT2D eigenvalue weighted by atomic mass is 19.1. The molecule has 1 fully saturated rings. The van der Waals surface area contributed by atoms with Gasteiger partial charge in [0.15, 0.2) is 5.82 Å². The number of rotatable bonds is 5. The van der Waals surface area contributed by atoms with Gasteiger partial charge in [-0.15, -0.1) is 0 Å². The standard InChI is InChI=1S/C30H27FN6O4/c1-18-12-23(19-6-4-3-5-7-19)26(35(18)2)27(38)28(39)34-21-8-9-25-24(13-21)29(40)41-17-22-16-36(10-11-37(22)25)30-32-14-20(31)15-33-30/h3-9,12-15,22H,10-11,16-17H2,1-2H3,(H,34,39). The smallest absolute Gasteiger partial charge is 0.340 e. The minimum Gasteiger partial charge on any atom is -0.460 e. The lowest BCUT2D eigenvalue weighted by molar-refractivity contribution is -0.112. The van der Waals surface area contributed by atoms with Crippen molar-refractivity contribution in [3.63, 3.8) is 0 Å². The molecule has 1 amide bonds. The van der Waals surface area contributed by atoms with E-state index in [2.05, 4.69) is 20.2 Å². The van der Waals surface area contributed by atoms with Crippen molar-refractivity contribution in [3.8, 4) is 11.1 Å². The highest BCUT2D eigenvalue weighted by Gasteiger charge is 2.35. The molecule has 4 heterocycles. The number of fused-ring (bicyclic) bond motifs is 3. The predicted octanol–water partition coefficient (Wildman–Crippen LogP) is 3.62. The number of ether oxygens (including phenoxy) is 1. The van der Waals surface area contributed by atoms with Crippen molar-refractivity contribution in [3.05, 3.63) is 89.8 Å². The molecule has 2 aliphatic heterocycles. The molecule has 208 valence electrons. The number of benzene rings is 2. The number of hydrogen-bond acceptors (Lipinski definition) is 8. The zero-order chi connectivity index (χ0) is 28.7. The number of nitrogens with one attached hydrogen (secondary N) is 1. The van der Waals surface area contributed by atoms with Gasteiger partial charge in [0, 0.05) is 43.6 Å². The van der Waals surface area contributed by atoms with Crippen LogP contribution in [0.4, 0.5) is 21.7 Å². The maximum atomic E-state index is 13.4. The van der Waals surface area contributed by atoms with Gasteiger partial charge < -0.3 is 24.4 Å². The second-order valence-electron chi connectivity index (χ2n) is 10.1. The Kier molecular flexibility index (Phi) is 6.70. The van der Waals surface area contributed by atoms with E-state index in [0.717, 1.165) is 23.7 Å². The molecule has 6 rings (SSSR count). The Labute approximate surface area is 235 Å². The molecule has 2 aromatic heterocycles. The summed E-state index contributed by atoms with van der Waals surface area (Å²) < 4.78 is 20.6. The molecule has 2 aliphatic rings. The van der Waals surface area contributed by atoms with Crippen LogP contribution >= 0.6 is 0 Å². The number of Topliss-reactive ketones (excluding diaryl/α,β-unsaturated/α-hetero) is 1. The van der Waals surface area contributed by atoms with Gasteiger partial charge in [0.05, 0.1) is 29.7 Å². The van der Waals surface area contributed by atoms with Crippen LogP contribution in [-0.4, -0.2) is 64.5 Å². The van der Waals surface area contributed by atoms with Crippen LogP contribution in [0.25, 0.3) is 11.1 Å². The van der Waals surface area contributed by atoms with Crippen LogP contribution in [0, 0.1) is 12.7 Å². The Balaban J connectivity index is 1.22. The lowest BCUT2D eigenvalue weighted by Crippen LogP contribution is -2.55. The second-order valence-corrected chi connectivity index (χ2v) is 10.1. The van der Waals surface area contributed by atoms with E-state index in [4.69, 9.17) is 4.74 Å². The minimum absolute atomic E-state index is 0.139. The van der Waals surface area contributed by atoms with E-state index >= 15 is 0 Å². The molecular formula is C30H27FN6O4. The van der Waals surface area contributed by atoms with Gasteiger partial charge >= 0.3 is 5.97 Å². The van der Waals surface area contributed by atoms with Gasteiger partial charge in [0.25, 0.3) is 11.7 Å². The molecule has 0 radical (unpaired) electrons. The van der Waals surface area contributed by atoms with Crippen LogP contribution < -0.4 is 15.1 Å². The minimum atomic E-state index is -0.809. The highest BCUT2D eigenvalue weighted by Crippen LogP contribution is 2.32. The van der Waals surface area contributed by atoms with Gasteiger partial charge in [-0.25, -0.2) is 19.2 Å². The van der Waals surface area contributed by atoms with Gasteiger partial charge in [-0.3, -0.25) is 9.59 Å². The summed E-state index contributed by atoms with van der Waals surface area (Å²) in [5.74, 6) is -2.11. The predicted molar refractivity (Wildman–Crippen MR) is 151 cm³/mol. The number of ketones is 1. The Bertz CT molecular complexity index is 1650. The molecule has 11 heteroatoms.